The van der Waals surface area contributed by atoms with Gasteiger partial charge < -0.3 is 9.88 Å². The van der Waals surface area contributed by atoms with Gasteiger partial charge >= 0.3 is 0 Å². The van der Waals surface area contributed by atoms with E-state index in [1.54, 1.807) is 0 Å². The van der Waals surface area contributed by atoms with Crippen molar-refractivity contribution in [3.63, 3.8) is 0 Å². The summed E-state index contributed by atoms with van der Waals surface area (Å²) < 4.78 is 3.14. The number of para-hydroxylation sites is 2. The number of hydrogen-bond donors (Lipinski definition) is 1. The Hall–Kier alpha value is -2.40. The molecule has 0 bridgehead atoms. The zero-order chi connectivity index (χ0) is 17.6. The summed E-state index contributed by atoms with van der Waals surface area (Å²) in [4.78, 5) is 16.8. The second-order valence-corrected chi connectivity index (χ2v) is 6.70. The Kier molecular flexibility index (Phi) is 5.66. The van der Waals surface area contributed by atoms with E-state index in [1.165, 1.54) is 0 Å². The molecule has 3 aromatic rings. The van der Waals surface area contributed by atoms with Crippen molar-refractivity contribution in [2.45, 2.75) is 19.4 Å². The summed E-state index contributed by atoms with van der Waals surface area (Å²) in [5, 5.41) is 2.96. The van der Waals surface area contributed by atoms with Gasteiger partial charge in [-0.05, 0) is 42.8 Å². The molecule has 0 spiro atoms. The molecule has 0 aliphatic carbocycles. The first-order valence-electron chi connectivity index (χ1n) is 8.28. The van der Waals surface area contributed by atoms with Gasteiger partial charge in [0.15, 0.2) is 0 Å². The van der Waals surface area contributed by atoms with Crippen LogP contribution >= 0.6 is 15.9 Å². The number of hydrogen-bond acceptors (Lipinski definition) is 2. The first kappa shape index (κ1) is 17.4. The van der Waals surface area contributed by atoms with Gasteiger partial charge in [0.05, 0.1) is 11.0 Å². The normalized spacial score (nSPS) is 10.8. The number of fused-ring (bicyclic) bond motifs is 1. The topological polar surface area (TPSA) is 46.9 Å². The molecule has 128 valence electrons. The van der Waals surface area contributed by atoms with Gasteiger partial charge in [-0.15, -0.1) is 6.58 Å². The third kappa shape index (κ3) is 4.17. The van der Waals surface area contributed by atoms with E-state index in [9.17, 15) is 4.79 Å². The molecule has 0 radical (unpaired) electrons. The summed E-state index contributed by atoms with van der Waals surface area (Å²) in [6.07, 6.45) is 3.53. The Morgan fingerprint density at radius 2 is 1.96 bits per heavy atom. The van der Waals surface area contributed by atoms with E-state index >= 15 is 0 Å². The summed E-state index contributed by atoms with van der Waals surface area (Å²) in [5.41, 5.74) is 2.79. The van der Waals surface area contributed by atoms with Gasteiger partial charge in [-0.25, -0.2) is 4.98 Å². The first-order valence-corrected chi connectivity index (χ1v) is 9.07. The number of carbonyl (C=O) groups is 1. The molecular formula is C20H20BrN3O. The largest absolute Gasteiger partial charge is 0.352 e. The third-order valence-corrected chi connectivity index (χ3v) is 4.54. The van der Waals surface area contributed by atoms with Gasteiger partial charge in [0.1, 0.15) is 5.82 Å². The van der Waals surface area contributed by atoms with E-state index in [0.29, 0.717) is 12.1 Å². The molecule has 0 unspecified atom stereocenters. The quantitative estimate of drug-likeness (QED) is 0.475. The van der Waals surface area contributed by atoms with E-state index in [1.807, 2.05) is 48.5 Å². The van der Waals surface area contributed by atoms with Crippen LogP contribution in [0.5, 0.6) is 0 Å². The molecule has 0 aliphatic heterocycles. The van der Waals surface area contributed by atoms with Crippen LogP contribution < -0.4 is 5.32 Å². The second kappa shape index (κ2) is 8.12. The highest BCUT2D eigenvalue weighted by atomic mass is 79.9. The number of amides is 1. The summed E-state index contributed by atoms with van der Waals surface area (Å²) in [6.45, 7) is 5.19. The smallest absolute Gasteiger partial charge is 0.251 e. The van der Waals surface area contributed by atoms with Crippen LogP contribution in [-0.4, -0.2) is 22.0 Å². The monoisotopic (exact) mass is 397 g/mol. The molecule has 4 nitrogen and oxygen atoms in total. The molecule has 0 aliphatic rings. The molecule has 1 heterocycles. The number of nitrogens with zero attached hydrogens (tertiary/aromatic N) is 2. The van der Waals surface area contributed by atoms with Gasteiger partial charge in [0, 0.05) is 29.5 Å². The lowest BCUT2D eigenvalue weighted by Crippen LogP contribution is -2.24. The fourth-order valence-electron chi connectivity index (χ4n) is 2.80. The first-order chi connectivity index (χ1) is 12.2. The maximum Gasteiger partial charge on any atom is 0.251 e. The number of benzene rings is 2. The number of carbonyl (C=O) groups excluding carboxylic acids is 1. The standard InChI is InChI=1S/C20H20BrN3O/c1-2-14-24-18-7-4-3-6-17(18)23-19(24)8-5-13-22-20(25)15-9-11-16(21)12-10-15/h2-4,6-7,9-12H,1,5,8,13-14H2,(H,22,25). The average Bonchev–Trinajstić information content (AvgIpc) is 2.97. The van der Waals surface area contributed by atoms with Gasteiger partial charge in [-0.3, -0.25) is 4.79 Å². The molecule has 2 aromatic carbocycles. The number of aromatic nitrogens is 2. The molecule has 1 N–H and O–H groups in total. The Morgan fingerprint density at radius 3 is 2.72 bits per heavy atom. The van der Waals surface area contributed by atoms with Gasteiger partial charge in [-0.2, -0.15) is 0 Å². The predicted octanol–water partition coefficient (Wildman–Crippen LogP) is 4.35. The van der Waals surface area contributed by atoms with Crippen molar-refractivity contribution in [3.05, 3.63) is 77.0 Å². The van der Waals surface area contributed by atoms with Gasteiger partial charge in [0.25, 0.3) is 5.91 Å². The zero-order valence-electron chi connectivity index (χ0n) is 13.9. The van der Waals surface area contributed by atoms with Crippen molar-refractivity contribution in [2.75, 3.05) is 6.54 Å². The lowest BCUT2D eigenvalue weighted by Gasteiger charge is -2.08. The Balaban J connectivity index is 1.59. The summed E-state index contributed by atoms with van der Waals surface area (Å²) in [6, 6.07) is 15.5. The van der Waals surface area contributed by atoms with Gasteiger partial charge in [-0.1, -0.05) is 34.1 Å². The van der Waals surface area contributed by atoms with E-state index in [4.69, 9.17) is 4.98 Å². The molecule has 0 atom stereocenters. The van der Waals surface area contributed by atoms with E-state index in [-0.39, 0.29) is 5.91 Å². The molecular weight excluding hydrogens is 378 g/mol. The van der Waals surface area contributed by atoms with Crippen molar-refractivity contribution in [2.24, 2.45) is 0 Å². The predicted molar refractivity (Wildman–Crippen MR) is 105 cm³/mol. The fraction of sp³-hybridized carbons (Fsp3) is 0.200. The van der Waals surface area contributed by atoms with Gasteiger partial charge in [0.2, 0.25) is 0 Å². The van der Waals surface area contributed by atoms with Crippen molar-refractivity contribution in [3.8, 4) is 0 Å². The van der Waals surface area contributed by atoms with Crippen LogP contribution in [0.2, 0.25) is 0 Å². The van der Waals surface area contributed by atoms with Crippen LogP contribution in [0.1, 0.15) is 22.6 Å². The minimum absolute atomic E-state index is 0.0490. The van der Waals surface area contributed by atoms with E-state index < -0.39 is 0 Å². The molecule has 0 saturated carbocycles. The van der Waals surface area contributed by atoms with Crippen molar-refractivity contribution in [1.29, 1.82) is 0 Å². The highest BCUT2D eigenvalue weighted by Crippen LogP contribution is 2.17. The Bertz CT molecular complexity index is 884. The van der Waals surface area contributed by atoms with Crippen molar-refractivity contribution >= 4 is 32.9 Å². The number of aryl methyl sites for hydroxylation is 1. The lowest BCUT2D eigenvalue weighted by atomic mass is 10.2. The highest BCUT2D eigenvalue weighted by Gasteiger charge is 2.09. The lowest BCUT2D eigenvalue weighted by molar-refractivity contribution is 0.0953. The van der Waals surface area contributed by atoms with Crippen LogP contribution in [0.25, 0.3) is 11.0 Å². The van der Waals surface area contributed by atoms with Crippen LogP contribution in [0.4, 0.5) is 0 Å². The minimum Gasteiger partial charge on any atom is -0.352 e. The summed E-state index contributed by atoms with van der Waals surface area (Å²) in [5.74, 6) is 0.978. The molecule has 25 heavy (non-hydrogen) atoms. The van der Waals surface area contributed by atoms with Crippen LogP contribution in [0.3, 0.4) is 0 Å². The molecule has 0 fully saturated rings. The fourth-order valence-corrected chi connectivity index (χ4v) is 3.07. The average molecular weight is 398 g/mol. The summed E-state index contributed by atoms with van der Waals surface area (Å²) in [7, 11) is 0. The molecule has 1 aromatic heterocycles. The van der Waals surface area contributed by atoms with E-state index in [2.05, 4.69) is 38.5 Å². The third-order valence-electron chi connectivity index (χ3n) is 4.01. The maximum atomic E-state index is 12.1. The molecule has 3 rings (SSSR count). The molecule has 0 saturated heterocycles. The Labute approximate surface area is 155 Å². The number of allylic oxidation sites excluding steroid dienone is 1. The number of nitrogens with one attached hydrogen (secondary N) is 1. The van der Waals surface area contributed by atoms with Crippen LogP contribution in [-0.2, 0) is 13.0 Å². The number of rotatable bonds is 7. The molecule has 1 amide bonds. The van der Waals surface area contributed by atoms with Crippen molar-refractivity contribution in [1.82, 2.24) is 14.9 Å². The SMILES string of the molecule is C=CCn1c(CCCNC(=O)c2ccc(Br)cc2)nc2ccccc21. The van der Waals surface area contributed by atoms with Crippen LogP contribution in [0, 0.1) is 0 Å². The number of halogens is 1. The minimum atomic E-state index is -0.0490. The molecule has 5 heteroatoms. The zero-order valence-corrected chi connectivity index (χ0v) is 15.5. The van der Waals surface area contributed by atoms with Crippen molar-refractivity contribution < 1.29 is 4.79 Å². The highest BCUT2D eigenvalue weighted by molar-refractivity contribution is 9.10. The Morgan fingerprint density at radius 1 is 1.20 bits per heavy atom. The van der Waals surface area contributed by atoms with Crippen LogP contribution in [0.15, 0.2) is 65.7 Å². The second-order valence-electron chi connectivity index (χ2n) is 5.78. The van der Waals surface area contributed by atoms with E-state index in [0.717, 1.165) is 40.7 Å². The maximum absolute atomic E-state index is 12.1. The number of imidazole rings is 1. The summed E-state index contributed by atoms with van der Waals surface area (Å²) >= 11 is 3.37.